The third kappa shape index (κ3) is 3.89. The van der Waals surface area contributed by atoms with Crippen LogP contribution in [-0.2, 0) is 4.65 Å². The van der Waals surface area contributed by atoms with Crippen molar-refractivity contribution in [1.29, 1.82) is 0 Å². The van der Waals surface area contributed by atoms with Gasteiger partial charge < -0.3 is 13.5 Å². The monoisotopic (exact) mass is 528 g/mol. The molecule has 1 atom stereocenters. The van der Waals surface area contributed by atoms with Gasteiger partial charge in [0.1, 0.15) is 22.3 Å². The van der Waals surface area contributed by atoms with Crippen molar-refractivity contribution in [1.82, 2.24) is 0 Å². The van der Waals surface area contributed by atoms with Crippen LogP contribution < -0.4 is 5.46 Å². The largest absolute Gasteiger partial charge is 0.456 e. The zero-order chi connectivity index (χ0) is 26.9. The van der Waals surface area contributed by atoms with E-state index in [9.17, 15) is 0 Å². The average molecular weight is 528 g/mol. The van der Waals surface area contributed by atoms with Crippen LogP contribution in [0.1, 0.15) is 27.7 Å². The lowest BCUT2D eigenvalue weighted by Crippen LogP contribution is -2.45. The van der Waals surface area contributed by atoms with Gasteiger partial charge in [0.25, 0.3) is 0 Å². The number of hydrogen-bond donors (Lipinski definition) is 0. The van der Waals surface area contributed by atoms with Crippen LogP contribution in [0.2, 0.25) is 0 Å². The summed E-state index contributed by atoms with van der Waals surface area (Å²) in [6.07, 6.45) is 0. The molecule has 0 N–H and O–H groups in total. The molecular formula is C34H30BO3P. The summed E-state index contributed by atoms with van der Waals surface area (Å²) in [5.74, 6) is 0. The van der Waals surface area contributed by atoms with E-state index in [1.54, 1.807) is 0 Å². The molecule has 0 amide bonds. The van der Waals surface area contributed by atoms with E-state index in [1.165, 1.54) is 5.39 Å². The van der Waals surface area contributed by atoms with Crippen molar-refractivity contribution in [2.24, 2.45) is 0 Å². The Morgan fingerprint density at radius 1 is 0.615 bits per heavy atom. The van der Waals surface area contributed by atoms with Crippen molar-refractivity contribution < 1.29 is 13.5 Å². The minimum absolute atomic E-state index is 0.0674. The molecule has 0 radical (unpaired) electrons. The zero-order valence-electron chi connectivity index (χ0n) is 22.7. The third-order valence-electron chi connectivity index (χ3n) is 8.41. The summed E-state index contributed by atoms with van der Waals surface area (Å²) in [6, 6.07) is 31.9. The van der Waals surface area contributed by atoms with Gasteiger partial charge in [-0.15, -0.1) is 9.24 Å². The van der Waals surface area contributed by atoms with E-state index in [0.717, 1.165) is 65.9 Å². The number of benzene rings is 5. The van der Waals surface area contributed by atoms with Crippen LogP contribution in [-0.4, -0.2) is 18.2 Å². The zero-order valence-corrected chi connectivity index (χ0v) is 23.8. The highest BCUT2D eigenvalue weighted by Gasteiger charge is 2.34. The molecule has 2 heterocycles. The van der Waals surface area contributed by atoms with Crippen LogP contribution >= 0.6 is 9.24 Å². The molecule has 0 saturated heterocycles. The summed E-state index contributed by atoms with van der Waals surface area (Å²) in [5, 5.41) is 6.73. The molecule has 0 fully saturated rings. The smallest absolute Gasteiger partial charge is 0.313 e. The SMILES string of the molecule is CC(C)(P)C(C)(C)OBc1cccc2c1oc1c(-c3cccc4cc5oc6ccccc6c5cc34)cccc12. The van der Waals surface area contributed by atoms with Gasteiger partial charge in [0.15, 0.2) is 0 Å². The van der Waals surface area contributed by atoms with Crippen LogP contribution in [0.3, 0.4) is 0 Å². The Bertz CT molecular complexity index is 2040. The normalized spacial score (nSPS) is 12.8. The molecule has 192 valence electrons. The van der Waals surface area contributed by atoms with E-state index in [0.29, 0.717) is 7.48 Å². The van der Waals surface area contributed by atoms with Crippen LogP contribution in [0.4, 0.5) is 0 Å². The lowest BCUT2D eigenvalue weighted by Gasteiger charge is -2.39. The Hall–Kier alpha value is -3.59. The maximum absolute atomic E-state index is 6.71. The molecule has 0 spiro atoms. The van der Waals surface area contributed by atoms with Crippen LogP contribution in [0.5, 0.6) is 0 Å². The summed E-state index contributed by atoms with van der Waals surface area (Å²) in [5.41, 5.74) is 6.57. The average Bonchev–Trinajstić information content (AvgIpc) is 3.48. The molecule has 0 aliphatic rings. The molecule has 3 nitrogen and oxygen atoms in total. The molecule has 2 aromatic heterocycles. The molecule has 0 saturated carbocycles. The fraction of sp³-hybridized carbons (Fsp3) is 0.176. The van der Waals surface area contributed by atoms with Gasteiger partial charge in [-0.25, -0.2) is 0 Å². The first kappa shape index (κ1) is 24.5. The first-order valence-electron chi connectivity index (χ1n) is 13.4. The molecule has 7 rings (SSSR count). The van der Waals surface area contributed by atoms with Crippen molar-refractivity contribution in [3.63, 3.8) is 0 Å². The van der Waals surface area contributed by atoms with Gasteiger partial charge in [-0.3, -0.25) is 0 Å². The molecule has 1 unspecified atom stereocenters. The lowest BCUT2D eigenvalue weighted by molar-refractivity contribution is 0.0841. The van der Waals surface area contributed by atoms with Crippen molar-refractivity contribution in [2.45, 2.75) is 38.5 Å². The summed E-state index contributed by atoms with van der Waals surface area (Å²) < 4.78 is 19.3. The van der Waals surface area contributed by atoms with Gasteiger partial charge in [-0.05, 0) is 53.8 Å². The Kier molecular flexibility index (Phi) is 5.46. The second kappa shape index (κ2) is 8.71. The number of fused-ring (bicyclic) bond motifs is 7. The highest BCUT2D eigenvalue weighted by molar-refractivity contribution is 7.19. The molecule has 0 aliphatic carbocycles. The topological polar surface area (TPSA) is 35.5 Å². The predicted octanol–water partition coefficient (Wildman–Crippen LogP) is 8.73. The first-order valence-corrected chi connectivity index (χ1v) is 14.0. The van der Waals surface area contributed by atoms with E-state index in [2.05, 4.69) is 116 Å². The molecular weight excluding hydrogens is 498 g/mol. The second-order valence-corrected chi connectivity index (χ2v) is 13.0. The van der Waals surface area contributed by atoms with Crippen molar-refractivity contribution in [2.75, 3.05) is 0 Å². The van der Waals surface area contributed by atoms with Crippen molar-refractivity contribution in [3.8, 4) is 11.1 Å². The second-order valence-electron chi connectivity index (χ2n) is 11.6. The maximum atomic E-state index is 6.71. The van der Waals surface area contributed by atoms with Gasteiger partial charge in [-0.2, -0.15) is 0 Å². The summed E-state index contributed by atoms with van der Waals surface area (Å²) in [6.45, 7) is 8.63. The van der Waals surface area contributed by atoms with E-state index in [-0.39, 0.29) is 10.8 Å². The lowest BCUT2D eigenvalue weighted by atomic mass is 9.83. The van der Waals surface area contributed by atoms with Crippen LogP contribution in [0.25, 0.3) is 65.8 Å². The van der Waals surface area contributed by atoms with Crippen molar-refractivity contribution in [3.05, 3.63) is 91.0 Å². The van der Waals surface area contributed by atoms with E-state index < -0.39 is 0 Å². The van der Waals surface area contributed by atoms with Gasteiger partial charge >= 0.3 is 7.48 Å². The van der Waals surface area contributed by atoms with E-state index in [1.807, 2.05) is 12.1 Å². The standard InChI is InChI=1S/C34H30BO3P/c1-33(2,34(3,4)39)38-35-28-16-9-15-25-24-14-8-13-23(31(24)37-32(25)28)21-12-7-10-20-18-30-27(19-26(20)21)22-11-5-6-17-29(22)36-30/h5-19,35H,39H2,1-4H3. The molecule has 0 bridgehead atoms. The van der Waals surface area contributed by atoms with Gasteiger partial charge in [0.05, 0.1) is 5.60 Å². The quantitative estimate of drug-likeness (QED) is 0.166. The minimum atomic E-state index is -0.317. The van der Waals surface area contributed by atoms with Crippen LogP contribution in [0, 0.1) is 0 Å². The maximum Gasteiger partial charge on any atom is 0.313 e. The minimum Gasteiger partial charge on any atom is -0.456 e. The summed E-state index contributed by atoms with van der Waals surface area (Å²) in [7, 11) is 3.39. The third-order valence-corrected chi connectivity index (χ3v) is 9.11. The van der Waals surface area contributed by atoms with Gasteiger partial charge in [0, 0.05) is 32.3 Å². The fourth-order valence-corrected chi connectivity index (χ4v) is 5.46. The molecule has 5 aromatic carbocycles. The Morgan fingerprint density at radius 2 is 1.31 bits per heavy atom. The number of para-hydroxylation sites is 3. The molecule has 5 heteroatoms. The van der Waals surface area contributed by atoms with Crippen LogP contribution in [0.15, 0.2) is 99.8 Å². The summed E-state index contributed by atoms with van der Waals surface area (Å²) in [4.78, 5) is 0. The Labute approximate surface area is 230 Å². The summed E-state index contributed by atoms with van der Waals surface area (Å²) >= 11 is 0. The number of hydrogen-bond acceptors (Lipinski definition) is 3. The number of rotatable bonds is 5. The number of furan rings is 2. The van der Waals surface area contributed by atoms with Gasteiger partial charge in [-0.1, -0.05) is 86.6 Å². The molecule has 7 aromatic rings. The highest BCUT2D eigenvalue weighted by atomic mass is 31.0. The van der Waals surface area contributed by atoms with Crippen molar-refractivity contribution >= 4 is 76.8 Å². The Balaban J connectivity index is 1.41. The first-order chi connectivity index (χ1) is 18.7. The Morgan fingerprint density at radius 3 is 2.13 bits per heavy atom. The molecule has 0 aliphatic heterocycles. The fourth-order valence-electron chi connectivity index (χ4n) is 5.38. The van der Waals surface area contributed by atoms with E-state index >= 15 is 0 Å². The predicted molar refractivity (Wildman–Crippen MR) is 170 cm³/mol. The molecule has 39 heavy (non-hydrogen) atoms. The van der Waals surface area contributed by atoms with E-state index in [4.69, 9.17) is 13.5 Å². The van der Waals surface area contributed by atoms with Gasteiger partial charge in [0.2, 0.25) is 0 Å². The highest BCUT2D eigenvalue weighted by Crippen LogP contribution is 2.40.